The van der Waals surface area contributed by atoms with Crippen molar-refractivity contribution in [3.63, 3.8) is 0 Å². The zero-order valence-corrected chi connectivity index (χ0v) is 13.3. The van der Waals surface area contributed by atoms with Gasteiger partial charge < -0.3 is 10.2 Å². The summed E-state index contributed by atoms with van der Waals surface area (Å²) in [7, 11) is 0. The van der Waals surface area contributed by atoms with E-state index in [-0.39, 0.29) is 5.92 Å². The molecule has 4 heteroatoms. The predicted octanol–water partition coefficient (Wildman–Crippen LogP) is 3.22. The fourth-order valence-corrected chi connectivity index (χ4v) is 3.28. The summed E-state index contributed by atoms with van der Waals surface area (Å²) in [6.07, 6.45) is 4.23. The molecule has 0 aromatic heterocycles. The van der Waals surface area contributed by atoms with E-state index in [1.165, 1.54) is 5.56 Å². The Balaban J connectivity index is 1.69. The quantitative estimate of drug-likeness (QED) is 0.926. The van der Waals surface area contributed by atoms with E-state index in [1.54, 1.807) is 0 Å². The van der Waals surface area contributed by atoms with Crippen molar-refractivity contribution in [3.8, 4) is 0 Å². The van der Waals surface area contributed by atoms with Crippen LogP contribution in [0, 0.1) is 5.92 Å². The molecule has 1 aromatic carbocycles. The highest BCUT2D eigenvalue weighted by molar-refractivity contribution is 6.30. The molecule has 1 aliphatic heterocycles. The first-order chi connectivity index (χ1) is 10.1. The van der Waals surface area contributed by atoms with E-state index < -0.39 is 0 Å². The topological polar surface area (TPSA) is 32.3 Å². The number of benzene rings is 1. The zero-order chi connectivity index (χ0) is 14.8. The Hall–Kier alpha value is -1.06. The first-order valence-electron chi connectivity index (χ1n) is 7.92. The second-order valence-corrected chi connectivity index (χ2v) is 6.84. The summed E-state index contributed by atoms with van der Waals surface area (Å²) in [6.45, 7) is 3.84. The normalized spacial score (nSPS) is 25.6. The molecule has 2 unspecified atom stereocenters. The fourth-order valence-electron chi connectivity index (χ4n) is 3.15. The molecule has 3 rings (SSSR count). The number of hydrogen-bond acceptors (Lipinski definition) is 2. The van der Waals surface area contributed by atoms with Crippen LogP contribution in [0.5, 0.6) is 0 Å². The Bertz CT molecular complexity index is 498. The van der Waals surface area contributed by atoms with Gasteiger partial charge in [0.05, 0.1) is 0 Å². The third-order valence-corrected chi connectivity index (χ3v) is 4.76. The van der Waals surface area contributed by atoms with E-state index in [1.807, 2.05) is 24.3 Å². The van der Waals surface area contributed by atoms with Crippen LogP contribution >= 0.6 is 11.6 Å². The largest absolute Gasteiger partial charge is 0.335 e. The number of halogens is 1. The zero-order valence-electron chi connectivity index (χ0n) is 12.5. The second-order valence-electron chi connectivity index (χ2n) is 6.40. The van der Waals surface area contributed by atoms with E-state index in [4.69, 9.17) is 11.6 Å². The number of hydrogen-bond donors (Lipinski definition) is 1. The van der Waals surface area contributed by atoms with E-state index in [0.717, 1.165) is 43.8 Å². The van der Waals surface area contributed by atoms with Crippen LogP contribution in [0.15, 0.2) is 24.3 Å². The van der Waals surface area contributed by atoms with Crippen LogP contribution in [0.1, 0.15) is 38.2 Å². The maximum atomic E-state index is 12.9. The van der Waals surface area contributed by atoms with Gasteiger partial charge in [-0.15, -0.1) is 0 Å². The molecule has 1 aliphatic carbocycles. The standard InChI is InChI=1S/C17H23ClN2O/c1-12-10-14(8-9-19-12)17(21)20(16-6-7-16)11-13-2-4-15(18)5-3-13/h2-5,12,14,16,19H,6-11H2,1H3. The Kier molecular flexibility index (Phi) is 4.51. The van der Waals surface area contributed by atoms with Crippen LogP contribution in [0.25, 0.3) is 0 Å². The molecule has 2 atom stereocenters. The summed E-state index contributed by atoms with van der Waals surface area (Å²) >= 11 is 5.94. The molecule has 1 saturated heterocycles. The van der Waals surface area contributed by atoms with Crippen LogP contribution in [0.3, 0.4) is 0 Å². The maximum absolute atomic E-state index is 12.9. The highest BCUT2D eigenvalue weighted by Gasteiger charge is 2.36. The van der Waals surface area contributed by atoms with Crippen molar-refractivity contribution in [2.24, 2.45) is 5.92 Å². The lowest BCUT2D eigenvalue weighted by Crippen LogP contribution is -2.44. The lowest BCUT2D eigenvalue weighted by molar-refractivity contribution is -0.138. The van der Waals surface area contributed by atoms with Crippen molar-refractivity contribution in [1.29, 1.82) is 0 Å². The molecule has 0 spiro atoms. The minimum atomic E-state index is 0.189. The summed E-state index contributed by atoms with van der Waals surface area (Å²) in [5, 5.41) is 4.17. The number of carbonyl (C=O) groups excluding carboxylic acids is 1. The monoisotopic (exact) mass is 306 g/mol. The van der Waals surface area contributed by atoms with E-state index in [9.17, 15) is 4.79 Å². The Labute approximate surface area is 131 Å². The number of nitrogens with zero attached hydrogens (tertiary/aromatic N) is 1. The van der Waals surface area contributed by atoms with Crippen molar-refractivity contribution in [1.82, 2.24) is 10.2 Å². The summed E-state index contributed by atoms with van der Waals surface area (Å²) in [5.41, 5.74) is 1.17. The van der Waals surface area contributed by atoms with Gasteiger partial charge in [-0.1, -0.05) is 23.7 Å². The van der Waals surface area contributed by atoms with Crippen LogP contribution in [-0.2, 0) is 11.3 Å². The molecule has 1 heterocycles. The van der Waals surface area contributed by atoms with Gasteiger partial charge in [0.15, 0.2) is 0 Å². The smallest absolute Gasteiger partial charge is 0.226 e. The second kappa shape index (κ2) is 6.37. The molecule has 0 radical (unpaired) electrons. The van der Waals surface area contributed by atoms with Gasteiger partial charge in [0.2, 0.25) is 5.91 Å². The highest BCUT2D eigenvalue weighted by Crippen LogP contribution is 2.31. The Morgan fingerprint density at radius 2 is 2.00 bits per heavy atom. The first kappa shape index (κ1) is 14.9. The molecule has 0 bridgehead atoms. The van der Waals surface area contributed by atoms with Gasteiger partial charge in [0.25, 0.3) is 0 Å². The van der Waals surface area contributed by atoms with Gasteiger partial charge in [0.1, 0.15) is 0 Å². The summed E-state index contributed by atoms with van der Waals surface area (Å²) in [6, 6.07) is 8.76. The Morgan fingerprint density at radius 1 is 1.29 bits per heavy atom. The maximum Gasteiger partial charge on any atom is 0.226 e. The summed E-state index contributed by atoms with van der Waals surface area (Å²) in [4.78, 5) is 15.0. The van der Waals surface area contributed by atoms with Gasteiger partial charge in [-0.05, 0) is 56.8 Å². The molecule has 1 aromatic rings. The SMILES string of the molecule is CC1CC(C(=O)N(Cc2ccc(Cl)cc2)C2CC2)CCN1. The van der Waals surface area contributed by atoms with E-state index in [2.05, 4.69) is 17.1 Å². The van der Waals surface area contributed by atoms with Gasteiger partial charge in [-0.2, -0.15) is 0 Å². The van der Waals surface area contributed by atoms with Crippen molar-refractivity contribution in [3.05, 3.63) is 34.9 Å². The molecule has 1 N–H and O–H groups in total. The van der Waals surface area contributed by atoms with Crippen molar-refractivity contribution in [2.75, 3.05) is 6.54 Å². The van der Waals surface area contributed by atoms with Gasteiger partial charge in [0, 0.05) is 29.6 Å². The first-order valence-corrected chi connectivity index (χ1v) is 8.29. The number of nitrogens with one attached hydrogen (secondary N) is 1. The van der Waals surface area contributed by atoms with Crippen LogP contribution < -0.4 is 5.32 Å². The molecule has 2 fully saturated rings. The van der Waals surface area contributed by atoms with E-state index in [0.29, 0.717) is 18.0 Å². The molecule has 1 saturated carbocycles. The average molecular weight is 307 g/mol. The van der Waals surface area contributed by atoms with Crippen LogP contribution in [0.4, 0.5) is 0 Å². The highest BCUT2D eigenvalue weighted by atomic mass is 35.5. The predicted molar refractivity (Wildman–Crippen MR) is 85.2 cm³/mol. The van der Waals surface area contributed by atoms with E-state index >= 15 is 0 Å². The lowest BCUT2D eigenvalue weighted by atomic mass is 9.91. The van der Waals surface area contributed by atoms with Gasteiger partial charge in [-0.25, -0.2) is 0 Å². The molecule has 114 valence electrons. The van der Waals surface area contributed by atoms with Crippen molar-refractivity contribution in [2.45, 2.75) is 51.2 Å². The number of piperidine rings is 1. The summed E-state index contributed by atoms with van der Waals surface area (Å²) < 4.78 is 0. The molecule has 3 nitrogen and oxygen atoms in total. The van der Waals surface area contributed by atoms with Crippen LogP contribution in [0.2, 0.25) is 5.02 Å². The van der Waals surface area contributed by atoms with Crippen molar-refractivity contribution < 1.29 is 4.79 Å². The molecule has 21 heavy (non-hydrogen) atoms. The third kappa shape index (κ3) is 3.78. The fraction of sp³-hybridized carbons (Fsp3) is 0.588. The minimum Gasteiger partial charge on any atom is -0.335 e. The minimum absolute atomic E-state index is 0.189. The number of carbonyl (C=O) groups is 1. The number of rotatable bonds is 4. The van der Waals surface area contributed by atoms with Gasteiger partial charge in [-0.3, -0.25) is 4.79 Å². The average Bonchev–Trinajstić information content (AvgIpc) is 3.30. The third-order valence-electron chi connectivity index (χ3n) is 4.51. The Morgan fingerprint density at radius 3 is 2.62 bits per heavy atom. The lowest BCUT2D eigenvalue weighted by Gasteiger charge is -2.32. The molecule has 1 amide bonds. The summed E-state index contributed by atoms with van der Waals surface area (Å²) in [5.74, 6) is 0.537. The van der Waals surface area contributed by atoms with Crippen LogP contribution in [-0.4, -0.2) is 29.4 Å². The molecular weight excluding hydrogens is 284 g/mol. The molecule has 2 aliphatic rings. The van der Waals surface area contributed by atoms with Gasteiger partial charge >= 0.3 is 0 Å². The van der Waals surface area contributed by atoms with Crippen molar-refractivity contribution >= 4 is 17.5 Å². The molecular formula is C17H23ClN2O. The number of amides is 1.